The van der Waals surface area contributed by atoms with E-state index in [1.165, 1.54) is 0 Å². The second kappa shape index (κ2) is 10.3. The van der Waals surface area contributed by atoms with Gasteiger partial charge in [0.25, 0.3) is 0 Å². The lowest BCUT2D eigenvalue weighted by molar-refractivity contribution is 0.174. The molecule has 0 unspecified atom stereocenters. The number of hydrogen-bond donors (Lipinski definition) is 2. The number of phenols is 1. The zero-order valence-corrected chi connectivity index (χ0v) is 18.6. The van der Waals surface area contributed by atoms with Crippen molar-refractivity contribution < 1.29 is 19.3 Å². The smallest absolute Gasteiger partial charge is 0.231 e. The largest absolute Gasteiger partial charge is 0.508 e. The number of guanidine groups is 1. The Morgan fingerprint density at radius 2 is 2.00 bits per heavy atom. The maximum absolute atomic E-state index is 10.1. The molecule has 3 rings (SSSR count). The van der Waals surface area contributed by atoms with Crippen molar-refractivity contribution >= 4 is 29.9 Å². The fraction of sp³-hybridized carbons (Fsp3) is 0.350. The molecule has 0 aliphatic carbocycles. The van der Waals surface area contributed by atoms with E-state index >= 15 is 0 Å². The van der Waals surface area contributed by atoms with Gasteiger partial charge in [0.15, 0.2) is 17.5 Å². The SMILES string of the molecule is CCNC(=NCc1cc(OC)ccc1O)N(C)Cc1ccc2c(c1)OCO2.I. The molecule has 0 saturated heterocycles. The lowest BCUT2D eigenvalue weighted by atomic mass is 10.2. The highest BCUT2D eigenvalue weighted by atomic mass is 127. The molecule has 0 atom stereocenters. The lowest BCUT2D eigenvalue weighted by Crippen LogP contribution is -2.38. The third-order valence-corrected chi connectivity index (χ3v) is 4.24. The number of methoxy groups -OCH3 is 1. The molecule has 0 amide bonds. The molecule has 0 fully saturated rings. The second-order valence-corrected chi connectivity index (χ2v) is 6.21. The molecule has 28 heavy (non-hydrogen) atoms. The van der Waals surface area contributed by atoms with Crippen LogP contribution in [0.4, 0.5) is 0 Å². The van der Waals surface area contributed by atoms with Gasteiger partial charge in [0.1, 0.15) is 11.5 Å². The van der Waals surface area contributed by atoms with Gasteiger partial charge in [-0.05, 0) is 42.8 Å². The van der Waals surface area contributed by atoms with Gasteiger partial charge in [0, 0.05) is 25.7 Å². The van der Waals surface area contributed by atoms with Gasteiger partial charge in [-0.1, -0.05) is 6.07 Å². The normalized spacial score (nSPS) is 12.3. The van der Waals surface area contributed by atoms with E-state index in [9.17, 15) is 5.11 Å². The number of halogens is 1. The Balaban J connectivity index is 0.00000280. The van der Waals surface area contributed by atoms with E-state index in [0.29, 0.717) is 24.4 Å². The standard InChI is InChI=1S/C20H25N3O4.HI/c1-4-21-20(22-11-15-10-16(25-3)6-7-17(15)24)23(2)12-14-5-8-18-19(9-14)27-13-26-18;/h5-10,24H,4,11-13H2,1-3H3,(H,21,22);1H. The number of benzene rings is 2. The number of ether oxygens (including phenoxy) is 3. The van der Waals surface area contributed by atoms with E-state index in [2.05, 4.69) is 10.3 Å². The van der Waals surface area contributed by atoms with Crippen molar-refractivity contribution in [3.63, 3.8) is 0 Å². The Morgan fingerprint density at radius 1 is 1.21 bits per heavy atom. The fourth-order valence-electron chi connectivity index (χ4n) is 2.83. The number of hydrogen-bond acceptors (Lipinski definition) is 5. The predicted octanol–water partition coefficient (Wildman–Crippen LogP) is 3.35. The van der Waals surface area contributed by atoms with Crippen molar-refractivity contribution in [2.24, 2.45) is 4.99 Å². The Hall–Kier alpha value is -2.36. The predicted molar refractivity (Wildman–Crippen MR) is 119 cm³/mol. The number of phenolic OH excluding ortho intramolecular Hbond substituents is 1. The zero-order valence-electron chi connectivity index (χ0n) is 16.3. The molecule has 7 nitrogen and oxygen atoms in total. The number of nitrogens with zero attached hydrogens (tertiary/aromatic N) is 2. The van der Waals surface area contributed by atoms with E-state index < -0.39 is 0 Å². The fourth-order valence-corrected chi connectivity index (χ4v) is 2.83. The van der Waals surface area contributed by atoms with E-state index in [1.807, 2.05) is 37.1 Å². The van der Waals surface area contributed by atoms with Gasteiger partial charge in [-0.25, -0.2) is 4.99 Å². The van der Waals surface area contributed by atoms with Crippen LogP contribution in [-0.4, -0.2) is 43.5 Å². The van der Waals surface area contributed by atoms with Crippen LogP contribution in [0.25, 0.3) is 0 Å². The molecule has 2 aromatic rings. The average molecular weight is 499 g/mol. The molecule has 0 spiro atoms. The van der Waals surface area contributed by atoms with Gasteiger partial charge in [-0.3, -0.25) is 0 Å². The maximum atomic E-state index is 10.1. The molecule has 1 aliphatic heterocycles. The summed E-state index contributed by atoms with van der Waals surface area (Å²) in [5.41, 5.74) is 1.80. The first-order chi connectivity index (χ1) is 13.1. The Bertz CT molecular complexity index is 829. The highest BCUT2D eigenvalue weighted by Gasteiger charge is 2.15. The molecule has 0 aromatic heterocycles. The summed E-state index contributed by atoms with van der Waals surface area (Å²) in [4.78, 5) is 6.67. The maximum Gasteiger partial charge on any atom is 0.231 e. The first kappa shape index (κ1) is 21.9. The highest BCUT2D eigenvalue weighted by molar-refractivity contribution is 14.0. The third-order valence-electron chi connectivity index (χ3n) is 4.24. The number of nitrogens with one attached hydrogen (secondary N) is 1. The van der Waals surface area contributed by atoms with Gasteiger partial charge in [-0.15, -0.1) is 24.0 Å². The molecular formula is C20H26IN3O4. The molecular weight excluding hydrogens is 473 g/mol. The monoisotopic (exact) mass is 499 g/mol. The van der Waals surface area contributed by atoms with Gasteiger partial charge in [-0.2, -0.15) is 0 Å². The van der Waals surface area contributed by atoms with E-state index in [1.54, 1.807) is 25.3 Å². The van der Waals surface area contributed by atoms with Crippen LogP contribution in [0, 0.1) is 0 Å². The minimum Gasteiger partial charge on any atom is -0.508 e. The van der Waals surface area contributed by atoms with E-state index in [4.69, 9.17) is 14.2 Å². The van der Waals surface area contributed by atoms with Crippen molar-refractivity contribution in [3.8, 4) is 23.0 Å². The van der Waals surface area contributed by atoms with Crippen LogP contribution in [0.2, 0.25) is 0 Å². The number of rotatable bonds is 6. The van der Waals surface area contributed by atoms with Gasteiger partial charge >= 0.3 is 0 Å². The molecule has 2 N–H and O–H groups in total. The number of aromatic hydroxyl groups is 1. The average Bonchev–Trinajstić information content (AvgIpc) is 3.14. The summed E-state index contributed by atoms with van der Waals surface area (Å²) >= 11 is 0. The Labute approximate surface area is 182 Å². The van der Waals surface area contributed by atoms with E-state index in [-0.39, 0.29) is 36.5 Å². The molecule has 8 heteroatoms. The van der Waals surface area contributed by atoms with Crippen molar-refractivity contribution in [2.75, 3.05) is 27.5 Å². The van der Waals surface area contributed by atoms with Crippen LogP contribution in [-0.2, 0) is 13.1 Å². The topological polar surface area (TPSA) is 75.6 Å². The Kier molecular flexibility index (Phi) is 8.04. The summed E-state index contributed by atoms with van der Waals surface area (Å²) in [5, 5.41) is 13.3. The summed E-state index contributed by atoms with van der Waals surface area (Å²) in [6.07, 6.45) is 0. The van der Waals surface area contributed by atoms with Gasteiger partial charge < -0.3 is 29.5 Å². The van der Waals surface area contributed by atoms with Crippen LogP contribution in [0.3, 0.4) is 0 Å². The minimum atomic E-state index is 0. The summed E-state index contributed by atoms with van der Waals surface area (Å²) in [6.45, 7) is 4.04. The zero-order chi connectivity index (χ0) is 19.2. The Morgan fingerprint density at radius 3 is 2.75 bits per heavy atom. The molecule has 1 aliphatic rings. The number of aliphatic imine (C=N–C) groups is 1. The van der Waals surface area contributed by atoms with Gasteiger partial charge in [0.2, 0.25) is 6.79 Å². The molecule has 0 saturated carbocycles. The third kappa shape index (κ3) is 5.34. The van der Waals surface area contributed by atoms with Crippen LogP contribution in [0.1, 0.15) is 18.1 Å². The highest BCUT2D eigenvalue weighted by Crippen LogP contribution is 2.32. The van der Waals surface area contributed by atoms with Crippen LogP contribution < -0.4 is 19.5 Å². The quantitative estimate of drug-likeness (QED) is 0.361. The first-order valence-electron chi connectivity index (χ1n) is 8.84. The van der Waals surface area contributed by atoms with E-state index in [0.717, 1.165) is 29.6 Å². The summed E-state index contributed by atoms with van der Waals surface area (Å²) in [5.74, 6) is 3.18. The van der Waals surface area contributed by atoms with Crippen molar-refractivity contribution in [1.82, 2.24) is 10.2 Å². The minimum absolute atomic E-state index is 0. The summed E-state index contributed by atoms with van der Waals surface area (Å²) < 4.78 is 16.0. The first-order valence-corrected chi connectivity index (χ1v) is 8.84. The molecule has 0 radical (unpaired) electrons. The molecule has 2 aromatic carbocycles. The van der Waals surface area contributed by atoms with Crippen molar-refractivity contribution in [1.29, 1.82) is 0 Å². The van der Waals surface area contributed by atoms with Crippen molar-refractivity contribution in [3.05, 3.63) is 47.5 Å². The molecule has 1 heterocycles. The molecule has 152 valence electrons. The van der Waals surface area contributed by atoms with Gasteiger partial charge in [0.05, 0.1) is 13.7 Å². The molecule has 0 bridgehead atoms. The van der Waals surface area contributed by atoms with Crippen LogP contribution in [0.15, 0.2) is 41.4 Å². The van der Waals surface area contributed by atoms with Crippen LogP contribution in [0.5, 0.6) is 23.0 Å². The summed E-state index contributed by atoms with van der Waals surface area (Å²) in [7, 11) is 3.57. The number of fused-ring (bicyclic) bond motifs is 1. The van der Waals surface area contributed by atoms with Crippen LogP contribution >= 0.6 is 24.0 Å². The van der Waals surface area contributed by atoms with Crippen molar-refractivity contribution in [2.45, 2.75) is 20.0 Å². The lowest BCUT2D eigenvalue weighted by Gasteiger charge is -2.22. The summed E-state index contributed by atoms with van der Waals surface area (Å²) in [6, 6.07) is 11.0. The second-order valence-electron chi connectivity index (χ2n) is 6.21.